The fourth-order valence-electron chi connectivity index (χ4n) is 1.76. The van der Waals surface area contributed by atoms with Crippen LogP contribution in [0.1, 0.15) is 5.69 Å². The van der Waals surface area contributed by atoms with Gasteiger partial charge in [0, 0.05) is 11.8 Å². The Morgan fingerprint density at radius 3 is 2.05 bits per heavy atom. The summed E-state index contributed by atoms with van der Waals surface area (Å²) in [5, 5.41) is 8.43. The van der Waals surface area contributed by atoms with Crippen molar-refractivity contribution >= 4 is 0 Å². The van der Waals surface area contributed by atoms with Crippen molar-refractivity contribution < 1.29 is 0 Å². The van der Waals surface area contributed by atoms with Crippen LogP contribution >= 0.6 is 0 Å². The van der Waals surface area contributed by atoms with Crippen molar-refractivity contribution in [2.75, 3.05) is 0 Å². The van der Waals surface area contributed by atoms with Crippen molar-refractivity contribution in [2.24, 2.45) is 0 Å². The molecule has 0 bridgehead atoms. The van der Waals surface area contributed by atoms with E-state index in [1.54, 1.807) is 12.4 Å². The highest BCUT2D eigenvalue weighted by Crippen LogP contribution is 2.18. The highest BCUT2D eigenvalue weighted by molar-refractivity contribution is 5.61. The van der Waals surface area contributed by atoms with E-state index in [1.165, 1.54) is 0 Å². The molecular formula is C15H12N4. The zero-order valence-electron chi connectivity index (χ0n) is 10.5. The molecule has 0 N–H and O–H groups in total. The summed E-state index contributed by atoms with van der Waals surface area (Å²) < 4.78 is 0. The molecule has 3 rings (SSSR count). The zero-order chi connectivity index (χ0) is 13.1. The SMILES string of the molecule is Cc1cnc(-c2ccc(-c3ccccc3)nn2)cn1. The monoisotopic (exact) mass is 248 g/mol. The van der Waals surface area contributed by atoms with Crippen molar-refractivity contribution in [2.45, 2.75) is 6.92 Å². The third kappa shape index (κ3) is 2.47. The minimum absolute atomic E-state index is 0.729. The number of aryl methyl sites for hydroxylation is 1. The van der Waals surface area contributed by atoms with E-state index >= 15 is 0 Å². The van der Waals surface area contributed by atoms with Gasteiger partial charge in [-0.25, -0.2) is 0 Å². The Balaban J connectivity index is 1.93. The Kier molecular flexibility index (Phi) is 2.98. The van der Waals surface area contributed by atoms with Gasteiger partial charge in [-0.15, -0.1) is 10.2 Å². The molecule has 0 fully saturated rings. The van der Waals surface area contributed by atoms with Crippen molar-refractivity contribution in [3.63, 3.8) is 0 Å². The van der Waals surface area contributed by atoms with E-state index in [1.807, 2.05) is 49.4 Å². The average Bonchev–Trinajstić information content (AvgIpc) is 2.49. The van der Waals surface area contributed by atoms with Gasteiger partial charge < -0.3 is 0 Å². The van der Waals surface area contributed by atoms with Crippen LogP contribution in [0.15, 0.2) is 54.9 Å². The predicted molar refractivity (Wildman–Crippen MR) is 73.2 cm³/mol. The maximum Gasteiger partial charge on any atom is 0.113 e. The summed E-state index contributed by atoms with van der Waals surface area (Å²) in [6.07, 6.45) is 3.43. The second-order valence-electron chi connectivity index (χ2n) is 4.21. The Hall–Kier alpha value is -2.62. The summed E-state index contributed by atoms with van der Waals surface area (Å²) in [5.74, 6) is 0. The van der Waals surface area contributed by atoms with Gasteiger partial charge in [0.25, 0.3) is 0 Å². The van der Waals surface area contributed by atoms with Crippen LogP contribution in [0.5, 0.6) is 0 Å². The maximum atomic E-state index is 4.29. The average molecular weight is 248 g/mol. The van der Waals surface area contributed by atoms with Crippen LogP contribution in [-0.4, -0.2) is 20.2 Å². The lowest BCUT2D eigenvalue weighted by molar-refractivity contribution is 1.02. The standard InChI is InChI=1S/C15H12N4/c1-11-9-17-15(10-16-11)14-8-7-13(18-19-14)12-5-3-2-4-6-12/h2-10H,1H3. The molecule has 0 spiro atoms. The van der Waals surface area contributed by atoms with Crippen LogP contribution < -0.4 is 0 Å². The molecule has 3 aromatic rings. The number of rotatable bonds is 2. The van der Waals surface area contributed by atoms with Gasteiger partial charge in [-0.3, -0.25) is 9.97 Å². The van der Waals surface area contributed by atoms with Crippen molar-refractivity contribution in [1.82, 2.24) is 20.2 Å². The van der Waals surface area contributed by atoms with Gasteiger partial charge in [0.05, 0.1) is 17.6 Å². The van der Waals surface area contributed by atoms with Crippen LogP contribution in [0.4, 0.5) is 0 Å². The van der Waals surface area contributed by atoms with Gasteiger partial charge in [-0.2, -0.15) is 0 Å². The number of nitrogens with zero attached hydrogens (tertiary/aromatic N) is 4. The quantitative estimate of drug-likeness (QED) is 0.699. The van der Waals surface area contributed by atoms with Crippen LogP contribution in [0.2, 0.25) is 0 Å². The predicted octanol–water partition coefficient (Wildman–Crippen LogP) is 2.91. The Labute approximate surface area is 111 Å². The Morgan fingerprint density at radius 1 is 0.684 bits per heavy atom. The Bertz CT molecular complexity index is 661. The third-order valence-corrected chi connectivity index (χ3v) is 2.78. The number of hydrogen-bond donors (Lipinski definition) is 0. The van der Waals surface area contributed by atoms with Gasteiger partial charge >= 0.3 is 0 Å². The van der Waals surface area contributed by atoms with Crippen molar-refractivity contribution in [3.8, 4) is 22.6 Å². The van der Waals surface area contributed by atoms with Crippen molar-refractivity contribution in [1.29, 1.82) is 0 Å². The summed E-state index contributed by atoms with van der Waals surface area (Å²) >= 11 is 0. The van der Waals surface area contributed by atoms with Crippen LogP contribution in [0.25, 0.3) is 22.6 Å². The van der Waals surface area contributed by atoms with Gasteiger partial charge in [0.1, 0.15) is 11.4 Å². The molecule has 0 aliphatic heterocycles. The molecule has 0 saturated carbocycles. The summed E-state index contributed by atoms with van der Waals surface area (Å²) in [5.41, 5.74) is 4.25. The topological polar surface area (TPSA) is 51.6 Å². The van der Waals surface area contributed by atoms with E-state index in [0.717, 1.165) is 28.3 Å². The van der Waals surface area contributed by atoms with Crippen LogP contribution in [0, 0.1) is 6.92 Å². The molecule has 2 aromatic heterocycles. The maximum absolute atomic E-state index is 4.29. The number of aromatic nitrogens is 4. The lowest BCUT2D eigenvalue weighted by Crippen LogP contribution is -1.94. The third-order valence-electron chi connectivity index (χ3n) is 2.78. The first kappa shape index (κ1) is 11.5. The molecule has 0 radical (unpaired) electrons. The summed E-state index contributed by atoms with van der Waals surface area (Å²) in [6, 6.07) is 13.8. The van der Waals surface area contributed by atoms with Crippen molar-refractivity contribution in [3.05, 3.63) is 60.6 Å². The lowest BCUT2D eigenvalue weighted by Gasteiger charge is -2.02. The molecule has 0 saturated heterocycles. The molecule has 4 nitrogen and oxygen atoms in total. The highest BCUT2D eigenvalue weighted by Gasteiger charge is 2.04. The van der Waals surface area contributed by atoms with Gasteiger partial charge in [-0.1, -0.05) is 30.3 Å². The fraction of sp³-hybridized carbons (Fsp3) is 0.0667. The largest absolute Gasteiger partial charge is 0.258 e. The minimum atomic E-state index is 0.729. The van der Waals surface area contributed by atoms with Gasteiger partial charge in [0.15, 0.2) is 0 Å². The summed E-state index contributed by atoms with van der Waals surface area (Å²) in [4.78, 5) is 8.49. The van der Waals surface area contributed by atoms with E-state index in [2.05, 4.69) is 20.2 Å². The number of benzene rings is 1. The molecule has 4 heteroatoms. The molecule has 0 amide bonds. The molecule has 0 atom stereocenters. The smallest absolute Gasteiger partial charge is 0.113 e. The molecule has 0 unspecified atom stereocenters. The second-order valence-corrected chi connectivity index (χ2v) is 4.21. The summed E-state index contributed by atoms with van der Waals surface area (Å²) in [6.45, 7) is 1.90. The van der Waals surface area contributed by atoms with E-state index in [0.29, 0.717) is 0 Å². The van der Waals surface area contributed by atoms with Crippen LogP contribution in [0.3, 0.4) is 0 Å². The molecule has 19 heavy (non-hydrogen) atoms. The van der Waals surface area contributed by atoms with Gasteiger partial charge in [0.2, 0.25) is 0 Å². The molecule has 0 aliphatic carbocycles. The summed E-state index contributed by atoms with van der Waals surface area (Å²) in [7, 11) is 0. The normalized spacial score (nSPS) is 10.4. The minimum Gasteiger partial charge on any atom is -0.258 e. The van der Waals surface area contributed by atoms with E-state index in [-0.39, 0.29) is 0 Å². The van der Waals surface area contributed by atoms with Gasteiger partial charge in [-0.05, 0) is 19.1 Å². The second kappa shape index (κ2) is 4.94. The molecular weight excluding hydrogens is 236 g/mol. The zero-order valence-corrected chi connectivity index (χ0v) is 10.5. The fourth-order valence-corrected chi connectivity index (χ4v) is 1.76. The lowest BCUT2D eigenvalue weighted by atomic mass is 10.1. The van der Waals surface area contributed by atoms with Crippen LogP contribution in [-0.2, 0) is 0 Å². The molecule has 92 valence electrons. The molecule has 1 aromatic carbocycles. The van der Waals surface area contributed by atoms with E-state index in [4.69, 9.17) is 0 Å². The van der Waals surface area contributed by atoms with E-state index in [9.17, 15) is 0 Å². The number of hydrogen-bond acceptors (Lipinski definition) is 4. The first-order valence-corrected chi connectivity index (χ1v) is 6.01. The first-order valence-electron chi connectivity index (χ1n) is 6.01. The molecule has 0 aliphatic rings. The Morgan fingerprint density at radius 2 is 1.42 bits per heavy atom. The highest BCUT2D eigenvalue weighted by atomic mass is 15.1. The molecule has 2 heterocycles. The van der Waals surface area contributed by atoms with E-state index < -0.39 is 0 Å². The first-order chi connectivity index (χ1) is 9.33.